The van der Waals surface area contributed by atoms with Crippen LogP contribution in [0.5, 0.6) is 11.5 Å². The standard InChI is InChI=1S/C25H33NO3/c1-6-7-8-16-29-22-14-12-20(17-23(22)28-5)13-15-24(27)26-25-19(4)10-9-11-21(25)18(2)3/h9-15,17-18H,6-8,16H2,1-5H3,(H,26,27)/b15-13+. The van der Waals surface area contributed by atoms with E-state index in [4.69, 9.17) is 9.47 Å². The molecule has 1 amide bonds. The van der Waals surface area contributed by atoms with Gasteiger partial charge in [0.1, 0.15) is 0 Å². The SMILES string of the molecule is CCCCCOc1ccc(/C=C/C(=O)Nc2c(C)cccc2C(C)C)cc1OC. The first-order chi connectivity index (χ1) is 14.0. The Morgan fingerprint density at radius 2 is 1.93 bits per heavy atom. The lowest BCUT2D eigenvalue weighted by Gasteiger charge is -2.15. The summed E-state index contributed by atoms with van der Waals surface area (Å²) in [7, 11) is 1.63. The zero-order chi connectivity index (χ0) is 21.2. The predicted molar refractivity (Wildman–Crippen MR) is 121 cm³/mol. The normalized spacial score (nSPS) is 11.1. The molecule has 2 rings (SSSR count). The van der Waals surface area contributed by atoms with E-state index in [2.05, 4.69) is 32.2 Å². The van der Waals surface area contributed by atoms with Crippen molar-refractivity contribution in [3.8, 4) is 11.5 Å². The van der Waals surface area contributed by atoms with E-state index in [1.54, 1.807) is 19.3 Å². The molecule has 0 fully saturated rings. The van der Waals surface area contributed by atoms with Gasteiger partial charge in [0.15, 0.2) is 11.5 Å². The van der Waals surface area contributed by atoms with Crippen LogP contribution >= 0.6 is 0 Å². The monoisotopic (exact) mass is 395 g/mol. The van der Waals surface area contributed by atoms with Crippen molar-refractivity contribution in [3.63, 3.8) is 0 Å². The molecule has 2 aromatic carbocycles. The molecular formula is C25H33NO3. The minimum Gasteiger partial charge on any atom is -0.493 e. The minimum atomic E-state index is -0.153. The number of benzene rings is 2. The molecule has 4 heteroatoms. The van der Waals surface area contributed by atoms with Crippen molar-refractivity contribution in [2.75, 3.05) is 19.0 Å². The number of aryl methyl sites for hydroxylation is 1. The highest BCUT2D eigenvalue weighted by molar-refractivity contribution is 6.02. The van der Waals surface area contributed by atoms with Crippen LogP contribution in [0, 0.1) is 6.92 Å². The molecule has 0 heterocycles. The number of hydrogen-bond acceptors (Lipinski definition) is 3. The van der Waals surface area contributed by atoms with Gasteiger partial charge in [-0.2, -0.15) is 0 Å². The lowest BCUT2D eigenvalue weighted by atomic mass is 9.98. The molecular weight excluding hydrogens is 362 g/mol. The van der Waals surface area contributed by atoms with E-state index in [0.29, 0.717) is 18.3 Å². The second kappa shape index (κ2) is 11.3. The van der Waals surface area contributed by atoms with Crippen LogP contribution in [0.25, 0.3) is 6.08 Å². The maximum Gasteiger partial charge on any atom is 0.248 e. The molecule has 0 aliphatic heterocycles. The molecule has 2 aromatic rings. The third-order valence-electron chi connectivity index (χ3n) is 4.80. The van der Waals surface area contributed by atoms with Crippen molar-refractivity contribution in [3.05, 3.63) is 59.2 Å². The Hall–Kier alpha value is -2.75. The summed E-state index contributed by atoms with van der Waals surface area (Å²) >= 11 is 0. The molecule has 0 bridgehead atoms. The Morgan fingerprint density at radius 1 is 1.14 bits per heavy atom. The van der Waals surface area contributed by atoms with Gasteiger partial charge in [0.2, 0.25) is 5.91 Å². The number of methoxy groups -OCH3 is 1. The fraction of sp³-hybridized carbons (Fsp3) is 0.400. The Labute approximate surface area is 174 Å². The van der Waals surface area contributed by atoms with Gasteiger partial charge in [-0.1, -0.05) is 57.9 Å². The number of carbonyl (C=O) groups excluding carboxylic acids is 1. The first kappa shape index (κ1) is 22.5. The van der Waals surface area contributed by atoms with Gasteiger partial charge in [-0.05, 0) is 54.2 Å². The smallest absolute Gasteiger partial charge is 0.248 e. The van der Waals surface area contributed by atoms with Crippen LogP contribution in [-0.4, -0.2) is 19.6 Å². The molecule has 0 aliphatic carbocycles. The minimum absolute atomic E-state index is 0.153. The van der Waals surface area contributed by atoms with E-state index >= 15 is 0 Å². The van der Waals surface area contributed by atoms with E-state index in [1.807, 2.05) is 37.3 Å². The van der Waals surface area contributed by atoms with Gasteiger partial charge in [0, 0.05) is 11.8 Å². The van der Waals surface area contributed by atoms with Crippen LogP contribution in [0.15, 0.2) is 42.5 Å². The van der Waals surface area contributed by atoms with E-state index in [1.165, 1.54) is 0 Å². The maximum atomic E-state index is 12.5. The molecule has 29 heavy (non-hydrogen) atoms. The van der Waals surface area contributed by atoms with Gasteiger partial charge < -0.3 is 14.8 Å². The summed E-state index contributed by atoms with van der Waals surface area (Å²) in [5, 5.41) is 3.03. The molecule has 0 atom stereocenters. The molecule has 0 radical (unpaired) electrons. The Balaban J connectivity index is 2.07. The fourth-order valence-electron chi connectivity index (χ4n) is 3.12. The van der Waals surface area contributed by atoms with Gasteiger partial charge in [-0.3, -0.25) is 4.79 Å². The summed E-state index contributed by atoms with van der Waals surface area (Å²) in [4.78, 5) is 12.5. The van der Waals surface area contributed by atoms with Gasteiger partial charge in [-0.25, -0.2) is 0 Å². The van der Waals surface area contributed by atoms with Crippen molar-refractivity contribution < 1.29 is 14.3 Å². The molecule has 156 valence electrons. The molecule has 1 N–H and O–H groups in total. The Bertz CT molecular complexity index is 840. The second-order valence-electron chi connectivity index (χ2n) is 7.48. The van der Waals surface area contributed by atoms with E-state index in [9.17, 15) is 4.79 Å². The molecule has 0 aliphatic rings. The van der Waals surface area contributed by atoms with Crippen molar-refractivity contribution in [1.29, 1.82) is 0 Å². The van der Waals surface area contributed by atoms with Crippen molar-refractivity contribution in [2.45, 2.75) is 52.9 Å². The maximum absolute atomic E-state index is 12.5. The van der Waals surface area contributed by atoms with Crippen LogP contribution < -0.4 is 14.8 Å². The molecule has 0 aromatic heterocycles. The van der Waals surface area contributed by atoms with Crippen LogP contribution in [-0.2, 0) is 4.79 Å². The molecule has 0 saturated heterocycles. The van der Waals surface area contributed by atoms with Crippen molar-refractivity contribution >= 4 is 17.7 Å². The van der Waals surface area contributed by atoms with Crippen LogP contribution in [0.2, 0.25) is 0 Å². The van der Waals surface area contributed by atoms with Crippen LogP contribution in [0.1, 0.15) is 62.6 Å². The fourth-order valence-corrected chi connectivity index (χ4v) is 3.12. The van der Waals surface area contributed by atoms with Gasteiger partial charge >= 0.3 is 0 Å². The number of amides is 1. The lowest BCUT2D eigenvalue weighted by Crippen LogP contribution is -2.11. The first-order valence-electron chi connectivity index (χ1n) is 10.4. The largest absolute Gasteiger partial charge is 0.493 e. The highest BCUT2D eigenvalue weighted by atomic mass is 16.5. The molecule has 4 nitrogen and oxygen atoms in total. The zero-order valence-corrected chi connectivity index (χ0v) is 18.2. The quantitative estimate of drug-likeness (QED) is 0.377. The number of para-hydroxylation sites is 1. The number of ether oxygens (including phenoxy) is 2. The number of rotatable bonds is 10. The average Bonchev–Trinajstić information content (AvgIpc) is 2.71. The topological polar surface area (TPSA) is 47.6 Å². The number of nitrogens with one attached hydrogen (secondary N) is 1. The Kier molecular flexibility index (Phi) is 8.78. The van der Waals surface area contributed by atoms with E-state index in [0.717, 1.165) is 47.4 Å². The summed E-state index contributed by atoms with van der Waals surface area (Å²) in [6, 6.07) is 11.8. The van der Waals surface area contributed by atoms with Crippen molar-refractivity contribution in [2.24, 2.45) is 0 Å². The Morgan fingerprint density at radius 3 is 2.62 bits per heavy atom. The lowest BCUT2D eigenvalue weighted by molar-refractivity contribution is -0.111. The van der Waals surface area contributed by atoms with Gasteiger partial charge in [0.25, 0.3) is 0 Å². The third kappa shape index (κ3) is 6.67. The highest BCUT2D eigenvalue weighted by Crippen LogP contribution is 2.29. The predicted octanol–water partition coefficient (Wildman–Crippen LogP) is 6.35. The number of carbonyl (C=O) groups is 1. The second-order valence-corrected chi connectivity index (χ2v) is 7.48. The summed E-state index contributed by atoms with van der Waals surface area (Å²) in [5.41, 5.74) is 3.97. The average molecular weight is 396 g/mol. The van der Waals surface area contributed by atoms with E-state index < -0.39 is 0 Å². The first-order valence-corrected chi connectivity index (χ1v) is 10.4. The number of hydrogen-bond donors (Lipinski definition) is 1. The van der Waals surface area contributed by atoms with Gasteiger partial charge in [-0.15, -0.1) is 0 Å². The number of unbranched alkanes of at least 4 members (excludes halogenated alkanes) is 2. The molecule has 0 unspecified atom stereocenters. The third-order valence-corrected chi connectivity index (χ3v) is 4.80. The van der Waals surface area contributed by atoms with Crippen molar-refractivity contribution in [1.82, 2.24) is 0 Å². The van der Waals surface area contributed by atoms with Crippen LogP contribution in [0.3, 0.4) is 0 Å². The molecule has 0 spiro atoms. The molecule has 0 saturated carbocycles. The van der Waals surface area contributed by atoms with Crippen LogP contribution in [0.4, 0.5) is 5.69 Å². The summed E-state index contributed by atoms with van der Waals surface area (Å²) < 4.78 is 11.3. The zero-order valence-electron chi connectivity index (χ0n) is 18.2. The van der Waals surface area contributed by atoms with E-state index in [-0.39, 0.29) is 5.91 Å². The summed E-state index contributed by atoms with van der Waals surface area (Å²) in [6.45, 7) is 9.10. The highest BCUT2D eigenvalue weighted by Gasteiger charge is 2.11. The summed E-state index contributed by atoms with van der Waals surface area (Å²) in [6.07, 6.45) is 6.67. The number of anilines is 1. The summed E-state index contributed by atoms with van der Waals surface area (Å²) in [5.74, 6) is 1.58. The van der Waals surface area contributed by atoms with Gasteiger partial charge in [0.05, 0.1) is 13.7 Å².